The molecule has 3 aromatic rings. The van der Waals surface area contributed by atoms with Gasteiger partial charge >= 0.3 is 12.0 Å². The minimum atomic E-state index is -2.22. The van der Waals surface area contributed by atoms with Gasteiger partial charge in [0.1, 0.15) is 18.8 Å². The van der Waals surface area contributed by atoms with Crippen LogP contribution in [0.3, 0.4) is 0 Å². The molecule has 0 aliphatic carbocycles. The van der Waals surface area contributed by atoms with Gasteiger partial charge in [-0.25, -0.2) is 14.6 Å². The van der Waals surface area contributed by atoms with Gasteiger partial charge in [-0.2, -0.15) is 5.43 Å². The molecule has 2 saturated heterocycles. The van der Waals surface area contributed by atoms with Crippen molar-refractivity contribution in [2.24, 2.45) is 16.3 Å². The number of allylic oxidation sites excluding steroid dienone is 2. The number of aryl methyl sites for hydroxylation is 1. The van der Waals surface area contributed by atoms with Crippen LogP contribution in [0.5, 0.6) is 0 Å². The Bertz CT molecular complexity index is 2260. The van der Waals surface area contributed by atoms with Crippen LogP contribution in [0.1, 0.15) is 84.0 Å². The van der Waals surface area contributed by atoms with Crippen molar-refractivity contribution < 1.29 is 38.5 Å². The fourth-order valence-electron chi connectivity index (χ4n) is 8.79. The number of ether oxygens (including phenoxy) is 3. The normalized spacial score (nSPS) is 22.4. The molecule has 63 heavy (non-hydrogen) atoms. The smallest absolute Gasteiger partial charge is 0.355 e. The van der Waals surface area contributed by atoms with Crippen molar-refractivity contribution in [3.8, 4) is 11.3 Å². The highest BCUT2D eigenvalue weighted by Gasteiger charge is 2.46. The van der Waals surface area contributed by atoms with Gasteiger partial charge in [-0.15, -0.1) is 11.3 Å². The predicted octanol–water partition coefficient (Wildman–Crippen LogP) is 5.53. The van der Waals surface area contributed by atoms with Crippen molar-refractivity contribution in [1.82, 2.24) is 35.1 Å². The van der Waals surface area contributed by atoms with E-state index < -0.39 is 41.0 Å². The molecule has 6 rings (SSSR count). The summed E-state index contributed by atoms with van der Waals surface area (Å²) in [6.07, 6.45) is 4.64. The molecule has 3 aliphatic rings. The summed E-state index contributed by atoms with van der Waals surface area (Å²) in [4.78, 5) is 69.1. The molecule has 5 heterocycles. The SMILES string of the molecule is C=C/C(=C(\N=CC)[C@H](C)OC)c1c2c3cc(ccc3n1CC)-c1csc(n1)C[C@H](NC(=O)[C@H](C(C)C)N(C)C(=O)N1CCCOC1)C(=O)N1CCC[C@@](O)(N1)C(=O)OCC(C)(C)C2. The quantitative estimate of drug-likeness (QED) is 0.133. The highest BCUT2D eigenvalue weighted by atomic mass is 32.1. The molecule has 1 aromatic carbocycles. The first-order valence-corrected chi connectivity index (χ1v) is 22.7. The van der Waals surface area contributed by atoms with Crippen LogP contribution in [-0.2, 0) is 48.0 Å². The zero-order valence-electron chi connectivity index (χ0n) is 38.2. The van der Waals surface area contributed by atoms with E-state index in [2.05, 4.69) is 40.9 Å². The van der Waals surface area contributed by atoms with Crippen LogP contribution in [0.4, 0.5) is 4.79 Å². The standard InChI is InChI=1S/C46H64N8O8S/c1-11-31(38(47-12-2)29(6)60-10)40-33-24-45(7,8)26-62-43(57)46(59)18-14-20-54(50-46)42(56)34(49-41(55)39(28(4)5)51(9)44(58)52-19-15-21-61-27-52)23-37-48-35(25-63-37)30-16-17-36(32(33)22-30)53(40)13-3/h11-12,16-17,22,25,28-29,34,39,50,59H,1,13-15,18-21,23-24,26-27H2,2-10H3,(H,49,55)/b38-31+,47-12?/t29-,34-,39-,46-/m0/s1. The summed E-state index contributed by atoms with van der Waals surface area (Å²) in [5.41, 5.74) is 5.89. The van der Waals surface area contributed by atoms with Crippen LogP contribution in [0.2, 0.25) is 0 Å². The van der Waals surface area contributed by atoms with Gasteiger partial charge in [0, 0.05) is 85.7 Å². The average molecular weight is 889 g/mol. The number of methoxy groups -OCH3 is 1. The summed E-state index contributed by atoms with van der Waals surface area (Å²) in [5, 5.41) is 19.4. The van der Waals surface area contributed by atoms with E-state index in [-0.39, 0.29) is 57.2 Å². The maximum absolute atomic E-state index is 14.6. The molecule has 17 heteroatoms. The van der Waals surface area contributed by atoms with E-state index in [9.17, 15) is 24.3 Å². The van der Waals surface area contributed by atoms with Crippen molar-refractivity contribution >= 4 is 57.8 Å². The summed E-state index contributed by atoms with van der Waals surface area (Å²) in [6.45, 7) is 19.7. The number of fused-ring (bicyclic) bond motifs is 6. The van der Waals surface area contributed by atoms with E-state index in [4.69, 9.17) is 24.2 Å². The molecule has 3 N–H and O–H groups in total. The Hall–Kier alpha value is -4.94. The average Bonchev–Trinajstić information content (AvgIpc) is 3.86. The van der Waals surface area contributed by atoms with E-state index in [0.717, 1.165) is 39.0 Å². The molecule has 0 saturated carbocycles. The second-order valence-electron chi connectivity index (χ2n) is 17.7. The third-order valence-corrected chi connectivity index (χ3v) is 12.9. The highest BCUT2D eigenvalue weighted by molar-refractivity contribution is 7.10. The number of cyclic esters (lactones) is 1. The summed E-state index contributed by atoms with van der Waals surface area (Å²) >= 11 is 1.36. The molecule has 0 unspecified atom stereocenters. The number of likely N-dealkylation sites (N-methyl/N-ethyl adjacent to an activating group) is 1. The third kappa shape index (κ3) is 10.1. The van der Waals surface area contributed by atoms with Crippen molar-refractivity contribution in [3.63, 3.8) is 0 Å². The van der Waals surface area contributed by atoms with Crippen molar-refractivity contribution in [2.75, 3.05) is 47.2 Å². The Morgan fingerprint density at radius 1 is 1.22 bits per heavy atom. The maximum atomic E-state index is 14.6. The Morgan fingerprint density at radius 3 is 2.63 bits per heavy atom. The number of esters is 1. The van der Waals surface area contributed by atoms with Gasteiger partial charge in [0.15, 0.2) is 0 Å². The van der Waals surface area contributed by atoms with E-state index in [1.807, 2.05) is 59.1 Å². The van der Waals surface area contributed by atoms with E-state index in [1.165, 1.54) is 21.2 Å². The number of hydrogen-bond acceptors (Lipinski definition) is 12. The van der Waals surface area contributed by atoms with Gasteiger partial charge < -0.3 is 39.0 Å². The number of rotatable bonds is 10. The molecule has 3 aliphatic heterocycles. The largest absolute Gasteiger partial charge is 0.462 e. The van der Waals surface area contributed by atoms with Gasteiger partial charge in [-0.05, 0) is 63.6 Å². The maximum Gasteiger partial charge on any atom is 0.355 e. The number of nitrogens with zero attached hydrogens (tertiary/aromatic N) is 6. The zero-order chi connectivity index (χ0) is 45.8. The zero-order valence-corrected chi connectivity index (χ0v) is 39.0. The van der Waals surface area contributed by atoms with Crippen LogP contribution in [0.15, 0.2) is 46.9 Å². The second-order valence-corrected chi connectivity index (χ2v) is 18.6. The molecule has 4 amide bonds. The van der Waals surface area contributed by atoms with Crippen LogP contribution >= 0.6 is 11.3 Å². The number of amides is 4. The van der Waals surface area contributed by atoms with Crippen LogP contribution in [0.25, 0.3) is 27.7 Å². The monoisotopic (exact) mass is 888 g/mol. The van der Waals surface area contributed by atoms with Gasteiger partial charge in [0.25, 0.3) is 5.91 Å². The van der Waals surface area contributed by atoms with E-state index in [1.54, 1.807) is 25.3 Å². The number of aliphatic imine (C=N–C) groups is 1. The van der Waals surface area contributed by atoms with Crippen molar-refractivity contribution in [3.05, 3.63) is 58.2 Å². The molecule has 2 fully saturated rings. The summed E-state index contributed by atoms with van der Waals surface area (Å²) < 4.78 is 19.5. The van der Waals surface area contributed by atoms with Crippen LogP contribution in [-0.4, -0.2) is 131 Å². The number of urea groups is 1. The highest BCUT2D eigenvalue weighted by Crippen LogP contribution is 2.40. The fraction of sp³-hybridized carbons (Fsp3) is 0.565. The lowest BCUT2D eigenvalue weighted by atomic mass is 9.84. The fourth-order valence-corrected chi connectivity index (χ4v) is 9.64. The number of carbonyl (C=O) groups is 4. The molecule has 342 valence electrons. The first kappa shape index (κ1) is 47.5. The summed E-state index contributed by atoms with van der Waals surface area (Å²) in [7, 11) is 3.22. The Morgan fingerprint density at radius 2 is 1.98 bits per heavy atom. The molecule has 16 nitrogen and oxygen atoms in total. The van der Waals surface area contributed by atoms with Crippen LogP contribution in [0, 0.1) is 11.3 Å². The number of thiazole rings is 1. The minimum absolute atomic E-state index is 0.00265. The number of benzene rings is 1. The predicted molar refractivity (Wildman–Crippen MR) is 244 cm³/mol. The minimum Gasteiger partial charge on any atom is -0.462 e. The van der Waals surface area contributed by atoms with Crippen molar-refractivity contribution in [1.29, 1.82) is 0 Å². The third-order valence-electron chi connectivity index (χ3n) is 12.0. The number of hydrazine groups is 1. The van der Waals surface area contributed by atoms with Gasteiger partial charge in [0.2, 0.25) is 11.6 Å². The van der Waals surface area contributed by atoms with E-state index in [0.29, 0.717) is 43.2 Å². The van der Waals surface area contributed by atoms with Crippen molar-refractivity contribution in [2.45, 2.75) is 111 Å². The molecule has 0 radical (unpaired) electrons. The molecule has 2 aromatic heterocycles. The molecular formula is C46H64N8O8S. The molecular weight excluding hydrogens is 825 g/mol. The number of hydrogen-bond donors (Lipinski definition) is 3. The number of carbonyl (C=O) groups excluding carboxylic acids is 4. The molecule has 6 bridgehead atoms. The number of aromatic nitrogens is 2. The van der Waals surface area contributed by atoms with E-state index >= 15 is 0 Å². The Labute approximate surface area is 374 Å². The molecule has 0 spiro atoms. The Kier molecular flexibility index (Phi) is 15.0. The first-order chi connectivity index (χ1) is 30.0. The van der Waals surface area contributed by atoms with Gasteiger partial charge in [-0.1, -0.05) is 46.4 Å². The lowest BCUT2D eigenvalue weighted by Gasteiger charge is -2.40. The lowest BCUT2D eigenvalue weighted by molar-refractivity contribution is -0.189. The number of aliphatic hydroxyl groups is 1. The Balaban J connectivity index is 1.47. The number of nitrogens with one attached hydrogen (secondary N) is 2. The molecule has 4 atom stereocenters. The lowest BCUT2D eigenvalue weighted by Crippen LogP contribution is -2.67. The summed E-state index contributed by atoms with van der Waals surface area (Å²) in [5.74, 6) is -2.34. The van der Waals surface area contributed by atoms with Crippen LogP contribution < -0.4 is 10.7 Å². The van der Waals surface area contributed by atoms with Gasteiger partial charge in [-0.3, -0.25) is 19.6 Å². The summed E-state index contributed by atoms with van der Waals surface area (Å²) in [6, 6.07) is 3.76. The topological polar surface area (TPSA) is 180 Å². The van der Waals surface area contributed by atoms with Gasteiger partial charge in [0.05, 0.1) is 41.4 Å². The first-order valence-electron chi connectivity index (χ1n) is 21.8. The second kappa shape index (κ2) is 19.8.